The first-order chi connectivity index (χ1) is 7.17. The normalized spacial score (nSPS) is 9.40. The lowest BCUT2D eigenvalue weighted by Gasteiger charge is -2.05. The van der Waals surface area contributed by atoms with Crippen molar-refractivity contribution < 1.29 is 9.53 Å². The number of hydrogen-bond donors (Lipinski definition) is 1. The SMILES string of the molecule is COCC(=O)Nc1ccc(C#N)c(Cl)c1. The minimum Gasteiger partial charge on any atom is -0.375 e. The highest BCUT2D eigenvalue weighted by atomic mass is 35.5. The fourth-order valence-electron chi connectivity index (χ4n) is 1.01. The largest absolute Gasteiger partial charge is 0.375 e. The van der Waals surface area contributed by atoms with Crippen LogP contribution in [0.5, 0.6) is 0 Å². The second-order valence-corrected chi connectivity index (χ2v) is 3.19. The smallest absolute Gasteiger partial charge is 0.250 e. The number of amides is 1. The first-order valence-electron chi connectivity index (χ1n) is 4.16. The maximum atomic E-state index is 11.1. The number of carbonyl (C=O) groups excluding carboxylic acids is 1. The molecule has 0 unspecified atom stereocenters. The third-order valence-corrected chi connectivity index (χ3v) is 1.96. The summed E-state index contributed by atoms with van der Waals surface area (Å²) in [5.74, 6) is -0.265. The number of nitriles is 1. The van der Waals surface area contributed by atoms with Crippen molar-refractivity contribution in [3.05, 3.63) is 28.8 Å². The molecule has 0 aromatic heterocycles. The van der Waals surface area contributed by atoms with E-state index in [0.717, 1.165) is 0 Å². The van der Waals surface area contributed by atoms with Crippen LogP contribution in [0, 0.1) is 11.3 Å². The van der Waals surface area contributed by atoms with Crippen LogP contribution in [0.25, 0.3) is 0 Å². The third-order valence-electron chi connectivity index (χ3n) is 1.65. The molecule has 0 saturated heterocycles. The summed E-state index contributed by atoms with van der Waals surface area (Å²) in [7, 11) is 1.44. The van der Waals surface area contributed by atoms with Crippen LogP contribution in [0.2, 0.25) is 5.02 Å². The highest BCUT2D eigenvalue weighted by Crippen LogP contribution is 2.19. The van der Waals surface area contributed by atoms with E-state index in [0.29, 0.717) is 16.3 Å². The van der Waals surface area contributed by atoms with Gasteiger partial charge in [-0.05, 0) is 18.2 Å². The van der Waals surface area contributed by atoms with Gasteiger partial charge in [0.15, 0.2) is 0 Å². The van der Waals surface area contributed by atoms with E-state index in [2.05, 4.69) is 10.1 Å². The Balaban J connectivity index is 2.76. The van der Waals surface area contributed by atoms with Gasteiger partial charge >= 0.3 is 0 Å². The van der Waals surface area contributed by atoms with E-state index >= 15 is 0 Å². The average molecular weight is 225 g/mol. The van der Waals surface area contributed by atoms with E-state index in [4.69, 9.17) is 16.9 Å². The average Bonchev–Trinajstić information content (AvgIpc) is 2.18. The Bertz CT molecular complexity index is 412. The fourth-order valence-corrected chi connectivity index (χ4v) is 1.23. The molecule has 0 aliphatic carbocycles. The molecule has 0 atom stereocenters. The maximum absolute atomic E-state index is 11.1. The Hall–Kier alpha value is -1.57. The van der Waals surface area contributed by atoms with E-state index in [1.807, 2.05) is 6.07 Å². The molecule has 0 radical (unpaired) electrons. The quantitative estimate of drug-likeness (QED) is 0.852. The van der Waals surface area contributed by atoms with Gasteiger partial charge in [0.1, 0.15) is 12.7 Å². The lowest BCUT2D eigenvalue weighted by Crippen LogP contribution is -2.17. The highest BCUT2D eigenvalue weighted by Gasteiger charge is 2.04. The van der Waals surface area contributed by atoms with Crippen molar-refractivity contribution in [3.8, 4) is 6.07 Å². The molecule has 78 valence electrons. The number of nitrogens with one attached hydrogen (secondary N) is 1. The first-order valence-corrected chi connectivity index (χ1v) is 4.53. The second kappa shape index (κ2) is 5.35. The zero-order valence-corrected chi connectivity index (χ0v) is 8.84. The van der Waals surface area contributed by atoms with E-state index < -0.39 is 0 Å². The zero-order chi connectivity index (χ0) is 11.3. The molecule has 1 amide bonds. The molecule has 4 nitrogen and oxygen atoms in total. The van der Waals surface area contributed by atoms with Crippen molar-refractivity contribution in [1.82, 2.24) is 0 Å². The van der Waals surface area contributed by atoms with Crippen LogP contribution in [-0.2, 0) is 9.53 Å². The number of halogens is 1. The molecule has 1 aromatic rings. The zero-order valence-electron chi connectivity index (χ0n) is 8.08. The number of methoxy groups -OCH3 is 1. The molecular weight excluding hydrogens is 216 g/mol. The minimum absolute atomic E-state index is 0.0162. The topological polar surface area (TPSA) is 62.1 Å². The number of benzene rings is 1. The highest BCUT2D eigenvalue weighted by molar-refractivity contribution is 6.32. The number of ether oxygens (including phenoxy) is 1. The van der Waals surface area contributed by atoms with Gasteiger partial charge in [0.25, 0.3) is 0 Å². The minimum atomic E-state index is -0.265. The van der Waals surface area contributed by atoms with Crippen LogP contribution in [0.3, 0.4) is 0 Å². The van der Waals surface area contributed by atoms with Gasteiger partial charge in [-0.3, -0.25) is 4.79 Å². The first kappa shape index (κ1) is 11.5. The van der Waals surface area contributed by atoms with Gasteiger partial charge in [0.2, 0.25) is 5.91 Å². The van der Waals surface area contributed by atoms with Crippen molar-refractivity contribution in [2.75, 3.05) is 19.0 Å². The molecule has 5 heteroatoms. The summed E-state index contributed by atoms with van der Waals surface area (Å²) in [5.41, 5.74) is 0.919. The maximum Gasteiger partial charge on any atom is 0.250 e. The van der Waals surface area contributed by atoms with E-state index in [1.54, 1.807) is 12.1 Å². The van der Waals surface area contributed by atoms with Crippen molar-refractivity contribution in [2.24, 2.45) is 0 Å². The Labute approximate surface area is 92.4 Å². The predicted octanol–water partition coefficient (Wildman–Crippen LogP) is 1.80. The molecule has 0 aliphatic rings. The fraction of sp³-hybridized carbons (Fsp3) is 0.200. The molecule has 0 heterocycles. The Morgan fingerprint density at radius 2 is 2.40 bits per heavy atom. The van der Waals surface area contributed by atoms with Crippen LogP contribution in [0.15, 0.2) is 18.2 Å². The summed E-state index contributed by atoms with van der Waals surface area (Å²) in [6, 6.07) is 6.61. The molecule has 1 N–H and O–H groups in total. The van der Waals surface area contributed by atoms with Crippen molar-refractivity contribution >= 4 is 23.2 Å². The van der Waals surface area contributed by atoms with Crippen LogP contribution < -0.4 is 5.32 Å². The summed E-state index contributed by atoms with van der Waals surface area (Å²) in [6.07, 6.45) is 0. The number of hydrogen-bond acceptors (Lipinski definition) is 3. The summed E-state index contributed by atoms with van der Waals surface area (Å²) in [4.78, 5) is 11.1. The molecule has 0 saturated carbocycles. The number of carbonyl (C=O) groups is 1. The Morgan fingerprint density at radius 3 is 2.93 bits per heavy atom. The van der Waals surface area contributed by atoms with E-state index in [1.165, 1.54) is 13.2 Å². The molecule has 0 spiro atoms. The molecule has 1 aromatic carbocycles. The summed E-state index contributed by atoms with van der Waals surface area (Å²) >= 11 is 5.78. The molecule has 0 fully saturated rings. The van der Waals surface area contributed by atoms with E-state index in [-0.39, 0.29) is 12.5 Å². The molecule has 15 heavy (non-hydrogen) atoms. The number of nitrogens with zero attached hydrogens (tertiary/aromatic N) is 1. The van der Waals surface area contributed by atoms with Gasteiger partial charge in [-0.25, -0.2) is 0 Å². The van der Waals surface area contributed by atoms with Crippen LogP contribution in [0.4, 0.5) is 5.69 Å². The van der Waals surface area contributed by atoms with Crippen LogP contribution in [-0.4, -0.2) is 19.6 Å². The van der Waals surface area contributed by atoms with Gasteiger partial charge < -0.3 is 10.1 Å². The monoisotopic (exact) mass is 224 g/mol. The molecule has 0 bridgehead atoms. The standard InChI is InChI=1S/C10H9ClN2O2/c1-15-6-10(14)13-8-3-2-7(5-12)9(11)4-8/h2-4H,6H2,1H3,(H,13,14). The number of anilines is 1. The van der Waals surface area contributed by atoms with Crippen molar-refractivity contribution in [2.45, 2.75) is 0 Å². The van der Waals surface area contributed by atoms with Crippen molar-refractivity contribution in [3.63, 3.8) is 0 Å². The Morgan fingerprint density at radius 1 is 1.67 bits per heavy atom. The van der Waals surface area contributed by atoms with Gasteiger partial charge in [-0.1, -0.05) is 11.6 Å². The second-order valence-electron chi connectivity index (χ2n) is 2.79. The van der Waals surface area contributed by atoms with Crippen LogP contribution >= 0.6 is 11.6 Å². The van der Waals surface area contributed by atoms with Crippen LogP contribution in [0.1, 0.15) is 5.56 Å². The summed E-state index contributed by atoms with van der Waals surface area (Å²) in [5, 5.41) is 11.5. The molecular formula is C10H9ClN2O2. The summed E-state index contributed by atoms with van der Waals surface area (Å²) in [6.45, 7) is -0.0162. The van der Waals surface area contributed by atoms with Gasteiger partial charge in [-0.2, -0.15) is 5.26 Å². The lowest BCUT2D eigenvalue weighted by atomic mass is 10.2. The summed E-state index contributed by atoms with van der Waals surface area (Å²) < 4.78 is 4.65. The van der Waals surface area contributed by atoms with Gasteiger partial charge in [0.05, 0.1) is 10.6 Å². The third kappa shape index (κ3) is 3.24. The number of rotatable bonds is 3. The van der Waals surface area contributed by atoms with Crippen molar-refractivity contribution in [1.29, 1.82) is 5.26 Å². The van der Waals surface area contributed by atoms with E-state index in [9.17, 15) is 4.79 Å². The van der Waals surface area contributed by atoms with Gasteiger partial charge in [-0.15, -0.1) is 0 Å². The Kier molecular flexibility index (Phi) is 4.10. The lowest BCUT2D eigenvalue weighted by molar-refractivity contribution is -0.119. The molecule has 1 rings (SSSR count). The molecule has 0 aliphatic heterocycles. The van der Waals surface area contributed by atoms with Gasteiger partial charge in [0, 0.05) is 12.8 Å². The predicted molar refractivity (Wildman–Crippen MR) is 56.7 cm³/mol.